The lowest BCUT2D eigenvalue weighted by Gasteiger charge is -2.26. The lowest BCUT2D eigenvalue weighted by atomic mass is 10.1. The van der Waals surface area contributed by atoms with Gasteiger partial charge in [0.05, 0.1) is 18.9 Å². The van der Waals surface area contributed by atoms with Crippen LogP contribution in [0.25, 0.3) is 10.9 Å². The lowest BCUT2D eigenvalue weighted by Crippen LogP contribution is -2.37. The molecule has 1 aliphatic heterocycles. The molecule has 1 saturated heterocycles. The summed E-state index contributed by atoms with van der Waals surface area (Å²) in [5.74, 6) is 0. The number of benzene rings is 1. The van der Waals surface area contributed by atoms with E-state index in [9.17, 15) is 4.79 Å². The Kier molecular flexibility index (Phi) is 3.85. The second-order valence-corrected chi connectivity index (χ2v) is 5.26. The predicted molar refractivity (Wildman–Crippen MR) is 79.3 cm³/mol. The van der Waals surface area contributed by atoms with Gasteiger partial charge in [0.2, 0.25) is 0 Å². The van der Waals surface area contributed by atoms with Crippen LogP contribution in [0.4, 0.5) is 0 Å². The minimum Gasteiger partial charge on any atom is -0.379 e. The predicted octanol–water partition coefficient (Wildman–Crippen LogP) is 1.87. The van der Waals surface area contributed by atoms with Gasteiger partial charge in [0, 0.05) is 37.6 Å². The highest BCUT2D eigenvalue weighted by molar-refractivity contribution is 5.93. The molecule has 0 bridgehead atoms. The second-order valence-electron chi connectivity index (χ2n) is 5.26. The largest absolute Gasteiger partial charge is 0.379 e. The number of hydrogen-bond acceptors (Lipinski definition) is 3. The third-order valence-corrected chi connectivity index (χ3v) is 4.15. The average molecular weight is 272 g/mol. The van der Waals surface area contributed by atoms with E-state index in [0.717, 1.165) is 56.8 Å². The number of aldehydes is 1. The number of para-hydroxylation sites is 1. The zero-order chi connectivity index (χ0) is 13.9. The SMILES string of the molecule is Cn1c(C=O)c(CCN2CCOCC2)c2ccccc21. The Morgan fingerprint density at radius 2 is 2.00 bits per heavy atom. The van der Waals surface area contributed by atoms with Crippen LogP contribution in [0.3, 0.4) is 0 Å². The van der Waals surface area contributed by atoms with Crippen LogP contribution in [-0.4, -0.2) is 48.6 Å². The van der Waals surface area contributed by atoms with Gasteiger partial charge in [-0.2, -0.15) is 0 Å². The minimum absolute atomic E-state index is 0.805. The van der Waals surface area contributed by atoms with Crippen molar-refractivity contribution in [1.29, 1.82) is 0 Å². The van der Waals surface area contributed by atoms with E-state index in [2.05, 4.69) is 17.0 Å². The van der Waals surface area contributed by atoms with E-state index in [-0.39, 0.29) is 0 Å². The Labute approximate surface area is 118 Å². The van der Waals surface area contributed by atoms with Crippen molar-refractivity contribution < 1.29 is 9.53 Å². The van der Waals surface area contributed by atoms with Gasteiger partial charge < -0.3 is 9.30 Å². The maximum absolute atomic E-state index is 11.4. The number of carbonyl (C=O) groups excluding carboxylic acids is 1. The highest BCUT2D eigenvalue weighted by atomic mass is 16.5. The monoisotopic (exact) mass is 272 g/mol. The van der Waals surface area contributed by atoms with Crippen LogP contribution in [0.15, 0.2) is 24.3 Å². The molecule has 106 valence electrons. The van der Waals surface area contributed by atoms with Crippen LogP contribution in [-0.2, 0) is 18.2 Å². The van der Waals surface area contributed by atoms with Crippen molar-refractivity contribution in [2.45, 2.75) is 6.42 Å². The molecule has 0 aliphatic carbocycles. The van der Waals surface area contributed by atoms with E-state index in [4.69, 9.17) is 4.74 Å². The maximum Gasteiger partial charge on any atom is 0.166 e. The quantitative estimate of drug-likeness (QED) is 0.797. The first kappa shape index (κ1) is 13.3. The fraction of sp³-hybridized carbons (Fsp3) is 0.438. The van der Waals surface area contributed by atoms with Gasteiger partial charge in [-0.1, -0.05) is 18.2 Å². The first-order valence-corrected chi connectivity index (χ1v) is 7.13. The molecule has 1 aliphatic rings. The Balaban J connectivity index is 1.87. The number of rotatable bonds is 4. The van der Waals surface area contributed by atoms with E-state index in [1.165, 1.54) is 10.9 Å². The molecule has 0 amide bonds. The molecule has 1 aromatic carbocycles. The van der Waals surface area contributed by atoms with Crippen LogP contribution in [0, 0.1) is 0 Å². The van der Waals surface area contributed by atoms with Gasteiger partial charge in [-0.3, -0.25) is 9.69 Å². The van der Waals surface area contributed by atoms with Gasteiger partial charge >= 0.3 is 0 Å². The Hall–Kier alpha value is -1.65. The molecule has 3 rings (SSSR count). The number of hydrogen-bond donors (Lipinski definition) is 0. The molecule has 0 unspecified atom stereocenters. The Morgan fingerprint density at radius 1 is 1.25 bits per heavy atom. The molecule has 4 heteroatoms. The summed E-state index contributed by atoms with van der Waals surface area (Å²) in [7, 11) is 1.96. The zero-order valence-electron chi connectivity index (χ0n) is 11.8. The number of aromatic nitrogens is 1. The number of carbonyl (C=O) groups is 1. The molecule has 0 saturated carbocycles. The van der Waals surface area contributed by atoms with Gasteiger partial charge in [-0.15, -0.1) is 0 Å². The van der Waals surface area contributed by atoms with Crippen molar-refractivity contribution in [3.8, 4) is 0 Å². The average Bonchev–Trinajstić information content (AvgIpc) is 2.78. The van der Waals surface area contributed by atoms with Crippen LogP contribution >= 0.6 is 0 Å². The normalized spacial score (nSPS) is 16.6. The first-order valence-electron chi connectivity index (χ1n) is 7.13. The van der Waals surface area contributed by atoms with Gasteiger partial charge in [0.15, 0.2) is 6.29 Å². The molecule has 1 fully saturated rings. The fourth-order valence-electron chi connectivity index (χ4n) is 3.00. The summed E-state index contributed by atoms with van der Waals surface area (Å²) in [6.45, 7) is 4.59. The van der Waals surface area contributed by atoms with E-state index in [1.54, 1.807) is 0 Å². The lowest BCUT2D eigenvalue weighted by molar-refractivity contribution is 0.0384. The van der Waals surface area contributed by atoms with Crippen molar-refractivity contribution in [2.75, 3.05) is 32.8 Å². The summed E-state index contributed by atoms with van der Waals surface area (Å²) < 4.78 is 7.37. The van der Waals surface area contributed by atoms with Crippen LogP contribution < -0.4 is 0 Å². The van der Waals surface area contributed by atoms with Gasteiger partial charge in [-0.25, -0.2) is 0 Å². The summed E-state index contributed by atoms with van der Waals surface area (Å²) in [5, 5.41) is 1.20. The third kappa shape index (κ3) is 2.37. The molecule has 2 heterocycles. The summed E-state index contributed by atoms with van der Waals surface area (Å²) in [6, 6.07) is 8.23. The van der Waals surface area contributed by atoms with Gasteiger partial charge in [0.25, 0.3) is 0 Å². The van der Waals surface area contributed by atoms with E-state index in [1.807, 2.05) is 23.7 Å². The van der Waals surface area contributed by atoms with Crippen molar-refractivity contribution in [3.05, 3.63) is 35.5 Å². The molecule has 1 aromatic heterocycles. The number of morpholine rings is 1. The molecule has 0 spiro atoms. The Morgan fingerprint density at radius 3 is 2.75 bits per heavy atom. The van der Waals surface area contributed by atoms with E-state index in [0.29, 0.717) is 0 Å². The molecule has 2 aromatic rings. The van der Waals surface area contributed by atoms with E-state index >= 15 is 0 Å². The van der Waals surface area contributed by atoms with Gasteiger partial charge in [-0.05, 0) is 18.1 Å². The topological polar surface area (TPSA) is 34.5 Å². The van der Waals surface area contributed by atoms with E-state index < -0.39 is 0 Å². The molecule has 0 atom stereocenters. The first-order chi connectivity index (χ1) is 9.81. The van der Waals surface area contributed by atoms with Crippen molar-refractivity contribution in [3.63, 3.8) is 0 Å². The Bertz CT molecular complexity index is 612. The summed E-state index contributed by atoms with van der Waals surface area (Å²) >= 11 is 0. The highest BCUT2D eigenvalue weighted by Gasteiger charge is 2.16. The van der Waals surface area contributed by atoms with Crippen molar-refractivity contribution in [1.82, 2.24) is 9.47 Å². The minimum atomic E-state index is 0.805. The molecular weight excluding hydrogens is 252 g/mol. The van der Waals surface area contributed by atoms with Crippen molar-refractivity contribution in [2.24, 2.45) is 7.05 Å². The van der Waals surface area contributed by atoms with Crippen molar-refractivity contribution >= 4 is 17.2 Å². The zero-order valence-corrected chi connectivity index (χ0v) is 11.8. The number of ether oxygens (including phenoxy) is 1. The molecule has 20 heavy (non-hydrogen) atoms. The number of aryl methyl sites for hydroxylation is 1. The summed E-state index contributed by atoms with van der Waals surface area (Å²) in [6.07, 6.45) is 1.89. The molecule has 0 N–H and O–H groups in total. The van der Waals surface area contributed by atoms with Crippen LogP contribution in [0.1, 0.15) is 16.1 Å². The van der Waals surface area contributed by atoms with Crippen LogP contribution in [0.2, 0.25) is 0 Å². The molecule has 4 nitrogen and oxygen atoms in total. The van der Waals surface area contributed by atoms with Gasteiger partial charge in [0.1, 0.15) is 0 Å². The summed E-state index contributed by atoms with van der Waals surface area (Å²) in [4.78, 5) is 13.8. The molecular formula is C16H20N2O2. The third-order valence-electron chi connectivity index (χ3n) is 4.15. The smallest absolute Gasteiger partial charge is 0.166 e. The number of fused-ring (bicyclic) bond motifs is 1. The number of nitrogens with zero attached hydrogens (tertiary/aromatic N) is 2. The maximum atomic E-state index is 11.4. The fourth-order valence-corrected chi connectivity index (χ4v) is 3.00. The second kappa shape index (κ2) is 5.77. The highest BCUT2D eigenvalue weighted by Crippen LogP contribution is 2.25. The van der Waals surface area contributed by atoms with Crippen LogP contribution in [0.5, 0.6) is 0 Å². The standard InChI is InChI=1S/C16H20N2O2/c1-17-15-5-3-2-4-13(15)14(16(17)12-19)6-7-18-8-10-20-11-9-18/h2-5,12H,6-11H2,1H3. The summed E-state index contributed by atoms with van der Waals surface area (Å²) in [5.41, 5.74) is 3.11. The molecule has 0 radical (unpaired) electrons.